The van der Waals surface area contributed by atoms with Crippen molar-refractivity contribution in [2.24, 2.45) is 0 Å². The second-order valence-electron chi connectivity index (χ2n) is 3.62. The van der Waals surface area contributed by atoms with Crippen LogP contribution in [0.3, 0.4) is 0 Å². The zero-order chi connectivity index (χ0) is 12.4. The highest BCUT2D eigenvalue weighted by molar-refractivity contribution is 7.71. The molecule has 2 heterocycles. The lowest BCUT2D eigenvalue weighted by Crippen LogP contribution is -1.98. The maximum Gasteiger partial charge on any atom is 0.133 e. The van der Waals surface area contributed by atoms with Crippen LogP contribution >= 0.6 is 23.6 Å². The maximum atomic E-state index is 8.84. The molecule has 86 valence electrons. The van der Waals surface area contributed by atoms with Crippen LogP contribution in [0.4, 0.5) is 0 Å². The van der Waals surface area contributed by atoms with E-state index < -0.39 is 0 Å². The summed E-state index contributed by atoms with van der Waals surface area (Å²) in [5, 5.41) is 8.84. The molecule has 17 heavy (non-hydrogen) atoms. The minimum absolute atomic E-state index is 0.627. The van der Waals surface area contributed by atoms with Crippen LogP contribution in [-0.2, 0) is 6.42 Å². The largest absolute Gasteiger partial charge is 0.342 e. The van der Waals surface area contributed by atoms with E-state index in [1.807, 2.05) is 26.0 Å². The summed E-state index contributed by atoms with van der Waals surface area (Å²) in [5.74, 6) is 0.877. The van der Waals surface area contributed by atoms with Crippen molar-refractivity contribution in [3.63, 3.8) is 0 Å². The molecule has 0 aliphatic heterocycles. The molecule has 2 aromatic heterocycles. The summed E-state index contributed by atoms with van der Waals surface area (Å²) < 4.78 is 0.627. The van der Waals surface area contributed by atoms with Crippen LogP contribution in [-0.4, -0.2) is 9.97 Å². The van der Waals surface area contributed by atoms with Crippen LogP contribution in [0.25, 0.3) is 10.6 Å². The Kier molecular flexibility index (Phi) is 3.36. The van der Waals surface area contributed by atoms with Gasteiger partial charge in [-0.3, -0.25) is 0 Å². The van der Waals surface area contributed by atoms with Gasteiger partial charge in [-0.05, 0) is 19.1 Å². The van der Waals surface area contributed by atoms with E-state index in [0.717, 1.165) is 28.4 Å². The van der Waals surface area contributed by atoms with Gasteiger partial charge in [0.25, 0.3) is 0 Å². The SMILES string of the molecule is CCc1nc(=S)c(C)c(-c2ccc(C#N)s2)[nH]1. The number of aryl methyl sites for hydroxylation is 1. The lowest BCUT2D eigenvalue weighted by Gasteiger charge is -2.06. The lowest BCUT2D eigenvalue weighted by atomic mass is 10.2. The van der Waals surface area contributed by atoms with E-state index in [1.54, 1.807) is 0 Å². The van der Waals surface area contributed by atoms with Crippen LogP contribution in [0.1, 0.15) is 23.2 Å². The maximum absolute atomic E-state index is 8.84. The summed E-state index contributed by atoms with van der Waals surface area (Å²) >= 11 is 6.70. The quantitative estimate of drug-likeness (QED) is 0.840. The number of nitrogens with one attached hydrogen (secondary N) is 1. The molecule has 0 spiro atoms. The number of nitrogens with zero attached hydrogens (tertiary/aromatic N) is 2. The Hall–Kier alpha value is -1.51. The summed E-state index contributed by atoms with van der Waals surface area (Å²) in [4.78, 5) is 9.32. The van der Waals surface area contributed by atoms with Crippen molar-refractivity contribution in [3.05, 3.63) is 33.0 Å². The Morgan fingerprint density at radius 1 is 1.53 bits per heavy atom. The number of hydrogen-bond acceptors (Lipinski definition) is 4. The summed E-state index contributed by atoms with van der Waals surface area (Å²) in [5.41, 5.74) is 1.94. The van der Waals surface area contributed by atoms with Crippen molar-refractivity contribution in [3.8, 4) is 16.6 Å². The normalized spacial score (nSPS) is 10.2. The van der Waals surface area contributed by atoms with E-state index >= 15 is 0 Å². The Bertz CT molecular complexity index is 647. The Morgan fingerprint density at radius 2 is 2.29 bits per heavy atom. The van der Waals surface area contributed by atoms with E-state index in [1.165, 1.54) is 11.3 Å². The smallest absolute Gasteiger partial charge is 0.133 e. The third-order valence-corrected chi connectivity index (χ3v) is 3.90. The first-order chi connectivity index (χ1) is 8.15. The molecule has 0 amide bonds. The number of thiophene rings is 1. The van der Waals surface area contributed by atoms with Gasteiger partial charge in [0.2, 0.25) is 0 Å². The molecule has 0 aliphatic rings. The minimum atomic E-state index is 0.627. The highest BCUT2D eigenvalue weighted by Crippen LogP contribution is 2.28. The van der Waals surface area contributed by atoms with E-state index in [4.69, 9.17) is 17.5 Å². The monoisotopic (exact) mass is 261 g/mol. The fourth-order valence-electron chi connectivity index (χ4n) is 1.53. The second kappa shape index (κ2) is 4.78. The van der Waals surface area contributed by atoms with Crippen molar-refractivity contribution >= 4 is 23.6 Å². The van der Waals surface area contributed by atoms with Gasteiger partial charge in [0.05, 0.1) is 10.6 Å². The van der Waals surface area contributed by atoms with Crippen LogP contribution in [0.5, 0.6) is 0 Å². The van der Waals surface area contributed by atoms with Crippen LogP contribution < -0.4 is 0 Å². The number of aromatic amines is 1. The molecule has 0 bridgehead atoms. The number of aromatic nitrogens is 2. The molecule has 3 nitrogen and oxygen atoms in total. The molecule has 0 saturated heterocycles. The van der Waals surface area contributed by atoms with Gasteiger partial charge in [-0.1, -0.05) is 19.1 Å². The number of H-pyrrole nitrogens is 1. The molecule has 5 heteroatoms. The molecule has 0 atom stereocenters. The first kappa shape index (κ1) is 12.0. The van der Waals surface area contributed by atoms with E-state index in [0.29, 0.717) is 9.52 Å². The van der Waals surface area contributed by atoms with Crippen LogP contribution in [0.15, 0.2) is 12.1 Å². The zero-order valence-electron chi connectivity index (χ0n) is 9.57. The fourth-order valence-corrected chi connectivity index (χ4v) is 2.60. The summed E-state index contributed by atoms with van der Waals surface area (Å²) in [6.07, 6.45) is 0.813. The molecule has 0 fully saturated rings. The molecular weight excluding hydrogens is 250 g/mol. The minimum Gasteiger partial charge on any atom is -0.342 e. The summed E-state index contributed by atoms with van der Waals surface area (Å²) in [6.45, 7) is 3.98. The lowest BCUT2D eigenvalue weighted by molar-refractivity contribution is 0.927. The second-order valence-corrected chi connectivity index (χ2v) is 5.09. The summed E-state index contributed by atoms with van der Waals surface area (Å²) in [7, 11) is 0. The van der Waals surface area contributed by atoms with Gasteiger partial charge < -0.3 is 4.98 Å². The van der Waals surface area contributed by atoms with Crippen molar-refractivity contribution in [2.75, 3.05) is 0 Å². The average molecular weight is 261 g/mol. The predicted molar refractivity (Wildman–Crippen MR) is 71.6 cm³/mol. The van der Waals surface area contributed by atoms with E-state index in [-0.39, 0.29) is 0 Å². The molecule has 1 N–H and O–H groups in total. The van der Waals surface area contributed by atoms with Crippen molar-refractivity contribution in [1.82, 2.24) is 9.97 Å². The summed E-state index contributed by atoms with van der Waals surface area (Å²) in [6, 6.07) is 5.91. The first-order valence-corrected chi connectivity index (χ1v) is 6.48. The molecule has 2 aromatic rings. The molecule has 0 aliphatic carbocycles. The van der Waals surface area contributed by atoms with Crippen molar-refractivity contribution in [2.45, 2.75) is 20.3 Å². The van der Waals surface area contributed by atoms with Gasteiger partial charge >= 0.3 is 0 Å². The Balaban J connectivity index is 2.62. The molecule has 0 radical (unpaired) electrons. The number of rotatable bonds is 2. The first-order valence-electron chi connectivity index (χ1n) is 5.25. The topological polar surface area (TPSA) is 52.5 Å². The van der Waals surface area contributed by atoms with Gasteiger partial charge in [-0.15, -0.1) is 11.3 Å². The Labute approximate surface area is 109 Å². The van der Waals surface area contributed by atoms with Crippen molar-refractivity contribution in [1.29, 1.82) is 5.26 Å². The van der Waals surface area contributed by atoms with Gasteiger partial charge in [0.15, 0.2) is 0 Å². The highest BCUT2D eigenvalue weighted by atomic mass is 32.1. The number of hydrogen-bond donors (Lipinski definition) is 1. The van der Waals surface area contributed by atoms with Crippen LogP contribution in [0.2, 0.25) is 0 Å². The van der Waals surface area contributed by atoms with Gasteiger partial charge in [0, 0.05) is 12.0 Å². The van der Waals surface area contributed by atoms with E-state index in [2.05, 4.69) is 16.0 Å². The molecular formula is C12H11N3S2. The van der Waals surface area contributed by atoms with Gasteiger partial charge in [0.1, 0.15) is 21.4 Å². The van der Waals surface area contributed by atoms with Gasteiger partial charge in [-0.25, -0.2) is 4.98 Å². The fraction of sp³-hybridized carbons (Fsp3) is 0.250. The van der Waals surface area contributed by atoms with E-state index in [9.17, 15) is 0 Å². The zero-order valence-corrected chi connectivity index (χ0v) is 11.2. The predicted octanol–water partition coefficient (Wildman–Crippen LogP) is 3.61. The standard InChI is InChI=1S/C12H11N3S2/c1-3-10-14-11(7(2)12(16)15-10)9-5-4-8(6-13)17-9/h4-5H,3H2,1-2H3,(H,14,15,16). The Morgan fingerprint density at radius 3 is 2.88 bits per heavy atom. The number of nitriles is 1. The third kappa shape index (κ3) is 2.28. The molecule has 0 saturated carbocycles. The highest BCUT2D eigenvalue weighted by Gasteiger charge is 2.09. The average Bonchev–Trinajstić information content (AvgIpc) is 2.81. The van der Waals surface area contributed by atoms with Crippen LogP contribution in [0, 0.1) is 22.9 Å². The molecule has 0 aromatic carbocycles. The van der Waals surface area contributed by atoms with Gasteiger partial charge in [-0.2, -0.15) is 5.26 Å². The molecule has 2 rings (SSSR count). The molecule has 0 unspecified atom stereocenters. The third-order valence-electron chi connectivity index (χ3n) is 2.50. The van der Waals surface area contributed by atoms with Crippen molar-refractivity contribution < 1.29 is 0 Å².